The number of benzene rings is 2. The Hall–Kier alpha value is -1.62. The Kier molecular flexibility index (Phi) is 4.95. The van der Waals surface area contributed by atoms with Gasteiger partial charge in [0, 0.05) is 0 Å². The Bertz CT molecular complexity index is 720. The van der Waals surface area contributed by atoms with E-state index < -0.39 is 82.6 Å². The quantitative estimate of drug-likeness (QED) is 0.304. The normalized spacial score (nSPS) is 11.1. The summed E-state index contributed by atoms with van der Waals surface area (Å²) in [5, 5.41) is 0. The number of hydrogen-bond donors (Lipinski definition) is 0. The van der Waals surface area contributed by atoms with Crippen LogP contribution in [0.25, 0.3) is 0 Å². The summed E-state index contributed by atoms with van der Waals surface area (Å²) in [5.74, 6) is -23.9. The van der Waals surface area contributed by atoms with Crippen LogP contribution in [0.4, 0.5) is 43.9 Å². The molecule has 128 valence electrons. The van der Waals surface area contributed by atoms with Gasteiger partial charge >= 0.3 is 132 Å². The van der Waals surface area contributed by atoms with Gasteiger partial charge in [0.1, 0.15) is 0 Å². The molecule has 0 unspecified atom stereocenters. The number of halogens is 10. The van der Waals surface area contributed by atoms with Crippen LogP contribution in [-0.4, -0.2) is 16.2 Å². The van der Waals surface area contributed by atoms with Crippen molar-refractivity contribution in [1.82, 2.24) is 0 Å². The van der Waals surface area contributed by atoms with Gasteiger partial charge in [0.15, 0.2) is 0 Å². The molecule has 2 rings (SSSR count). The first kappa shape index (κ1) is 18.7. The second kappa shape index (κ2) is 6.35. The zero-order valence-electron chi connectivity index (χ0n) is 11.4. The molecule has 0 amide bonds. The van der Waals surface area contributed by atoms with E-state index in [0.717, 1.165) is 0 Å². The molecule has 0 spiro atoms. The molecule has 0 aliphatic heterocycles. The van der Waals surface area contributed by atoms with Crippen LogP contribution in [0.1, 0.15) is 0 Å². The molecule has 2 aromatic rings. The van der Waals surface area contributed by atoms with Crippen LogP contribution in [0, 0.1) is 58.2 Å². The third kappa shape index (κ3) is 2.59. The molecule has 0 aliphatic rings. The minimum absolute atomic E-state index is 0.712. The van der Waals surface area contributed by atoms with E-state index >= 15 is 0 Å². The van der Waals surface area contributed by atoms with Crippen LogP contribution >= 0.6 is 0 Å². The maximum atomic E-state index is 13.7. The molecule has 0 bridgehead atoms. The predicted molar refractivity (Wildman–Crippen MR) is 63.3 cm³/mol. The summed E-state index contributed by atoms with van der Waals surface area (Å²) in [6, 6.07) is 0. The molecule has 2 aromatic carbocycles. The van der Waals surface area contributed by atoms with Gasteiger partial charge < -0.3 is 0 Å². The third-order valence-electron chi connectivity index (χ3n) is 3.35. The van der Waals surface area contributed by atoms with Gasteiger partial charge in [-0.1, -0.05) is 0 Å². The van der Waals surface area contributed by atoms with Crippen molar-refractivity contribution in [2.24, 2.45) is 0 Å². The van der Waals surface area contributed by atoms with Gasteiger partial charge in [-0.15, -0.1) is 0 Å². The van der Waals surface area contributed by atoms with E-state index in [1.54, 1.807) is 0 Å². The van der Waals surface area contributed by atoms with Crippen LogP contribution in [-0.2, 0) is 0 Å². The zero-order chi connectivity index (χ0) is 18.5. The molecule has 0 aromatic heterocycles. The minimum atomic E-state index is -4.60. The fraction of sp³-hybridized carbons (Fsp3) is 0.0769. The van der Waals surface area contributed by atoms with E-state index in [0.29, 0.717) is 5.48 Å². The fourth-order valence-electron chi connectivity index (χ4n) is 2.15. The fourth-order valence-corrected chi connectivity index (χ4v) is 7.01. The van der Waals surface area contributed by atoms with Crippen molar-refractivity contribution in [1.29, 1.82) is 0 Å². The van der Waals surface area contributed by atoms with Crippen molar-refractivity contribution < 1.29 is 43.9 Å². The molecule has 24 heavy (non-hydrogen) atoms. The predicted octanol–water partition coefficient (Wildman–Crippen LogP) is 3.32. The van der Waals surface area contributed by atoms with E-state index in [-0.39, 0.29) is 0 Å². The standard InChI is InChI=1S/2C6F5.CH3.Ga/c2*7-2-1-3(8)5(10)6(11)4(2)9;;/h;;1H3;. The van der Waals surface area contributed by atoms with Gasteiger partial charge in [-0.25, -0.2) is 0 Å². The van der Waals surface area contributed by atoms with Crippen LogP contribution in [0.5, 0.6) is 0 Å². The molecule has 0 saturated carbocycles. The third-order valence-corrected chi connectivity index (χ3v) is 9.11. The van der Waals surface area contributed by atoms with Crippen molar-refractivity contribution in [3.63, 3.8) is 0 Å². The average Bonchev–Trinajstić information content (AvgIpc) is 2.55. The summed E-state index contributed by atoms with van der Waals surface area (Å²) in [5.41, 5.74) is 0.712. The maximum absolute atomic E-state index is 13.7. The van der Waals surface area contributed by atoms with Crippen molar-refractivity contribution >= 4 is 24.5 Å². The van der Waals surface area contributed by atoms with E-state index in [2.05, 4.69) is 0 Å². The Morgan fingerprint density at radius 1 is 0.375 bits per heavy atom. The topological polar surface area (TPSA) is 0 Å². The van der Waals surface area contributed by atoms with Gasteiger partial charge in [-0.05, 0) is 0 Å². The van der Waals surface area contributed by atoms with Crippen molar-refractivity contribution in [2.45, 2.75) is 5.48 Å². The van der Waals surface area contributed by atoms with E-state index in [4.69, 9.17) is 0 Å². The van der Waals surface area contributed by atoms with Gasteiger partial charge in [0.05, 0.1) is 0 Å². The van der Waals surface area contributed by atoms with Crippen molar-refractivity contribution in [2.75, 3.05) is 0 Å². The van der Waals surface area contributed by atoms with Crippen LogP contribution in [0.15, 0.2) is 0 Å². The first-order valence-electron chi connectivity index (χ1n) is 6.04. The summed E-state index contributed by atoms with van der Waals surface area (Å²) in [6.07, 6.45) is 0. The van der Waals surface area contributed by atoms with E-state index in [1.165, 1.54) is 0 Å². The molecule has 0 fully saturated rings. The van der Waals surface area contributed by atoms with E-state index in [1.807, 2.05) is 0 Å². The first-order chi connectivity index (χ1) is 11.0. The summed E-state index contributed by atoms with van der Waals surface area (Å²) >= 11 is -4.60. The molecule has 11 heteroatoms. The van der Waals surface area contributed by atoms with E-state index in [9.17, 15) is 43.9 Å². The Labute approximate surface area is 132 Å². The average molecular weight is 419 g/mol. The Morgan fingerprint density at radius 2 is 0.542 bits per heavy atom. The molecule has 0 aliphatic carbocycles. The summed E-state index contributed by atoms with van der Waals surface area (Å²) in [7, 11) is 0. The Balaban J connectivity index is 2.84. The summed E-state index contributed by atoms with van der Waals surface area (Å²) in [6.45, 7) is 0. The van der Waals surface area contributed by atoms with Crippen LogP contribution in [0.3, 0.4) is 0 Å². The second-order valence-corrected chi connectivity index (χ2v) is 10.1. The molecule has 0 saturated heterocycles. The molecule has 0 atom stereocenters. The molecule has 0 N–H and O–H groups in total. The van der Waals surface area contributed by atoms with Gasteiger partial charge in [0.25, 0.3) is 0 Å². The number of rotatable bonds is 2. The van der Waals surface area contributed by atoms with Crippen LogP contribution in [0.2, 0.25) is 5.48 Å². The molecule has 0 radical (unpaired) electrons. The van der Waals surface area contributed by atoms with Gasteiger partial charge in [0.2, 0.25) is 0 Å². The molecule has 0 heterocycles. The first-order valence-corrected chi connectivity index (χ1v) is 10.9. The zero-order valence-corrected chi connectivity index (χ0v) is 13.8. The molecular formula is C13H3F10Ga. The summed E-state index contributed by atoms with van der Waals surface area (Å²) in [4.78, 5) is 0. The van der Waals surface area contributed by atoms with Crippen molar-refractivity contribution in [3.8, 4) is 0 Å². The monoisotopic (exact) mass is 418 g/mol. The molecular weight excluding hydrogens is 416 g/mol. The van der Waals surface area contributed by atoms with Gasteiger partial charge in [-0.3, -0.25) is 0 Å². The molecule has 0 nitrogen and oxygen atoms in total. The van der Waals surface area contributed by atoms with Gasteiger partial charge in [-0.2, -0.15) is 0 Å². The summed E-state index contributed by atoms with van der Waals surface area (Å²) < 4.78 is 130. The number of hydrogen-bond acceptors (Lipinski definition) is 0. The SMILES string of the molecule is [CH3][Ga]([c]1c(F)c(F)c(F)c(F)c1F)[c]1c(F)c(F)c(F)c(F)c1F. The van der Waals surface area contributed by atoms with Crippen LogP contribution < -0.4 is 8.24 Å². The Morgan fingerprint density at radius 3 is 0.750 bits per heavy atom. The van der Waals surface area contributed by atoms with Crippen molar-refractivity contribution in [3.05, 3.63) is 58.2 Å². The second-order valence-electron chi connectivity index (χ2n) is 4.69.